The second-order valence-electron chi connectivity index (χ2n) is 7.44. The lowest BCUT2D eigenvalue weighted by Gasteiger charge is -2.33. The summed E-state index contributed by atoms with van der Waals surface area (Å²) in [5.41, 5.74) is 14.9. The third-order valence-corrected chi connectivity index (χ3v) is 5.91. The maximum absolute atomic E-state index is 12.9. The molecule has 0 aliphatic heterocycles. The van der Waals surface area contributed by atoms with Crippen molar-refractivity contribution in [2.75, 3.05) is 17.6 Å². The average molecular weight is 322 g/mol. The molecule has 2 fully saturated rings. The molecule has 0 heterocycles. The molecule has 2 saturated carbocycles. The molecule has 1 aromatic rings. The summed E-state index contributed by atoms with van der Waals surface area (Å²) in [6.45, 7) is 2.74. The molecule has 1 aromatic carbocycles. The molecule has 0 saturated heterocycles. The Hall–Kier alpha value is -2.03. The Kier molecular flexibility index (Phi) is 3.95. The van der Waals surface area contributed by atoms with Gasteiger partial charge in [-0.3, -0.25) is 4.79 Å². The van der Waals surface area contributed by atoms with Crippen LogP contribution in [-0.2, 0) is 4.79 Å². The fourth-order valence-corrected chi connectivity index (χ4v) is 4.75. The highest BCUT2D eigenvalue weighted by molar-refractivity contribution is 5.88. The van der Waals surface area contributed by atoms with Crippen LogP contribution in [0.4, 0.5) is 11.4 Å². The SMILES string of the molecule is Cc1cc(N)ccc1NCCC(=O)C1C2=C3CCC(=C1CCC2)C3. The van der Waals surface area contributed by atoms with Gasteiger partial charge in [0.1, 0.15) is 5.78 Å². The van der Waals surface area contributed by atoms with Crippen molar-refractivity contribution in [3.05, 3.63) is 46.1 Å². The third kappa shape index (κ3) is 2.66. The number of hydrogen-bond donors (Lipinski definition) is 2. The lowest BCUT2D eigenvalue weighted by atomic mass is 9.71. The Morgan fingerprint density at radius 3 is 2.54 bits per heavy atom. The molecule has 4 rings (SSSR count). The number of ketones is 1. The van der Waals surface area contributed by atoms with Crippen LogP contribution in [0.1, 0.15) is 50.5 Å². The van der Waals surface area contributed by atoms with Gasteiger partial charge in [0.2, 0.25) is 0 Å². The number of nitrogens with two attached hydrogens (primary N) is 1. The number of nitrogen functional groups attached to an aromatic ring is 1. The van der Waals surface area contributed by atoms with Crippen molar-refractivity contribution in [1.82, 2.24) is 0 Å². The van der Waals surface area contributed by atoms with Crippen molar-refractivity contribution in [2.45, 2.75) is 51.9 Å². The normalized spacial score (nSPS) is 19.9. The first-order chi connectivity index (χ1) is 11.6. The standard InChI is InChI=1S/C21H26N2O/c1-13-11-16(22)7-8-19(13)23-10-9-20(24)21-17-3-2-4-18(21)15-6-5-14(17)12-15/h7-8,11,21,23H,2-6,9-10,12,22H2,1H3. The van der Waals surface area contributed by atoms with Gasteiger partial charge in [-0.1, -0.05) is 22.3 Å². The predicted octanol–water partition coefficient (Wildman–Crippen LogP) is 4.54. The van der Waals surface area contributed by atoms with E-state index in [1.165, 1.54) is 36.8 Å². The number of rotatable bonds is 5. The Labute approximate surface area is 144 Å². The first kappa shape index (κ1) is 15.5. The number of aryl methyl sites for hydroxylation is 1. The number of fused-ring (bicyclic) bond motifs is 4. The topological polar surface area (TPSA) is 55.1 Å². The minimum Gasteiger partial charge on any atom is -0.399 e. The van der Waals surface area contributed by atoms with Crippen LogP contribution in [-0.4, -0.2) is 12.3 Å². The van der Waals surface area contributed by atoms with Gasteiger partial charge in [0, 0.05) is 24.3 Å². The fraction of sp³-hybridized carbons (Fsp3) is 0.476. The highest BCUT2D eigenvalue weighted by Crippen LogP contribution is 2.50. The molecule has 3 nitrogen and oxygen atoms in total. The second kappa shape index (κ2) is 6.12. The molecule has 3 aliphatic carbocycles. The van der Waals surface area contributed by atoms with Crippen LogP contribution in [0.5, 0.6) is 0 Å². The van der Waals surface area contributed by atoms with E-state index in [-0.39, 0.29) is 5.92 Å². The Morgan fingerprint density at radius 2 is 1.88 bits per heavy atom. The Bertz CT molecular complexity index is 729. The molecule has 0 unspecified atom stereocenters. The minimum absolute atomic E-state index is 0.134. The van der Waals surface area contributed by atoms with Gasteiger partial charge < -0.3 is 11.1 Å². The zero-order chi connectivity index (χ0) is 16.7. The average Bonchev–Trinajstić information content (AvgIpc) is 3.02. The minimum atomic E-state index is 0.134. The van der Waals surface area contributed by atoms with Crippen LogP contribution < -0.4 is 11.1 Å². The van der Waals surface area contributed by atoms with Crippen LogP contribution in [0.2, 0.25) is 0 Å². The van der Waals surface area contributed by atoms with Crippen molar-refractivity contribution in [1.29, 1.82) is 0 Å². The molecule has 3 N–H and O–H groups in total. The largest absolute Gasteiger partial charge is 0.399 e. The fourth-order valence-electron chi connectivity index (χ4n) is 4.75. The van der Waals surface area contributed by atoms with E-state index in [2.05, 4.69) is 5.32 Å². The number of Topliss-reactive ketones (excluding diaryl/α,β-unsaturated/α-hetero) is 1. The van der Waals surface area contributed by atoms with Crippen molar-refractivity contribution >= 4 is 17.2 Å². The summed E-state index contributed by atoms with van der Waals surface area (Å²) >= 11 is 0. The summed E-state index contributed by atoms with van der Waals surface area (Å²) < 4.78 is 0. The molecule has 0 radical (unpaired) electrons. The summed E-state index contributed by atoms with van der Waals surface area (Å²) in [6, 6.07) is 5.87. The molecule has 126 valence electrons. The van der Waals surface area contributed by atoms with Crippen molar-refractivity contribution in [3.8, 4) is 0 Å². The molecule has 0 amide bonds. The van der Waals surface area contributed by atoms with Crippen LogP contribution in [0.3, 0.4) is 0 Å². The van der Waals surface area contributed by atoms with Crippen LogP contribution >= 0.6 is 0 Å². The molecular formula is C21H26N2O. The van der Waals surface area contributed by atoms with Gasteiger partial charge in [0.25, 0.3) is 0 Å². The third-order valence-electron chi connectivity index (χ3n) is 5.91. The summed E-state index contributed by atoms with van der Waals surface area (Å²) in [5, 5.41) is 3.41. The molecule has 0 spiro atoms. The van der Waals surface area contributed by atoms with Gasteiger partial charge in [0.15, 0.2) is 0 Å². The maximum Gasteiger partial charge on any atom is 0.145 e. The van der Waals surface area contributed by atoms with Gasteiger partial charge in [-0.15, -0.1) is 0 Å². The molecular weight excluding hydrogens is 296 g/mol. The molecule has 3 aliphatic rings. The maximum atomic E-state index is 12.9. The van der Waals surface area contributed by atoms with E-state index in [9.17, 15) is 4.79 Å². The van der Waals surface area contributed by atoms with E-state index in [0.717, 1.165) is 29.8 Å². The number of carbonyl (C=O) groups excluding carboxylic acids is 1. The molecule has 24 heavy (non-hydrogen) atoms. The summed E-state index contributed by atoms with van der Waals surface area (Å²) in [7, 11) is 0. The first-order valence-electron chi connectivity index (χ1n) is 9.18. The number of allylic oxidation sites excluding steroid dienone is 4. The van der Waals surface area contributed by atoms with E-state index in [1.54, 1.807) is 11.1 Å². The van der Waals surface area contributed by atoms with E-state index < -0.39 is 0 Å². The van der Waals surface area contributed by atoms with E-state index in [1.807, 2.05) is 25.1 Å². The highest BCUT2D eigenvalue weighted by atomic mass is 16.1. The zero-order valence-electron chi connectivity index (χ0n) is 14.5. The van der Waals surface area contributed by atoms with Crippen LogP contribution in [0.15, 0.2) is 40.5 Å². The number of hydrogen-bond acceptors (Lipinski definition) is 3. The number of anilines is 2. The lowest BCUT2D eigenvalue weighted by molar-refractivity contribution is -0.120. The molecule has 4 bridgehead atoms. The first-order valence-corrected chi connectivity index (χ1v) is 9.18. The van der Waals surface area contributed by atoms with Crippen LogP contribution in [0.25, 0.3) is 0 Å². The second-order valence-corrected chi connectivity index (χ2v) is 7.44. The van der Waals surface area contributed by atoms with E-state index in [0.29, 0.717) is 18.7 Å². The lowest BCUT2D eigenvalue weighted by Crippen LogP contribution is -2.27. The highest BCUT2D eigenvalue weighted by Gasteiger charge is 2.38. The zero-order valence-corrected chi connectivity index (χ0v) is 14.5. The number of benzene rings is 1. The molecule has 3 heteroatoms. The van der Waals surface area contributed by atoms with Gasteiger partial charge in [0.05, 0.1) is 5.92 Å². The Balaban J connectivity index is 1.43. The molecule has 0 atom stereocenters. The Morgan fingerprint density at radius 1 is 1.17 bits per heavy atom. The van der Waals surface area contributed by atoms with Crippen molar-refractivity contribution < 1.29 is 4.79 Å². The predicted molar refractivity (Wildman–Crippen MR) is 98.9 cm³/mol. The van der Waals surface area contributed by atoms with Gasteiger partial charge >= 0.3 is 0 Å². The van der Waals surface area contributed by atoms with E-state index in [4.69, 9.17) is 5.73 Å². The van der Waals surface area contributed by atoms with Gasteiger partial charge in [-0.05, 0) is 69.2 Å². The van der Waals surface area contributed by atoms with Gasteiger partial charge in [-0.25, -0.2) is 0 Å². The summed E-state index contributed by atoms with van der Waals surface area (Å²) in [5.74, 6) is 0.547. The quantitative estimate of drug-likeness (QED) is 0.618. The monoisotopic (exact) mass is 322 g/mol. The number of nitrogens with one attached hydrogen (secondary N) is 1. The smallest absolute Gasteiger partial charge is 0.145 e. The summed E-state index contributed by atoms with van der Waals surface area (Å²) in [6.07, 6.45) is 7.73. The van der Waals surface area contributed by atoms with Crippen molar-refractivity contribution in [2.24, 2.45) is 5.92 Å². The van der Waals surface area contributed by atoms with Gasteiger partial charge in [-0.2, -0.15) is 0 Å². The van der Waals surface area contributed by atoms with Crippen molar-refractivity contribution in [3.63, 3.8) is 0 Å². The van der Waals surface area contributed by atoms with Crippen LogP contribution in [0, 0.1) is 12.8 Å². The van der Waals surface area contributed by atoms with E-state index >= 15 is 0 Å². The molecule has 0 aromatic heterocycles. The summed E-state index contributed by atoms with van der Waals surface area (Å²) in [4.78, 5) is 12.9. The number of carbonyl (C=O) groups is 1.